The number of amides is 1. The zero-order valence-electron chi connectivity index (χ0n) is 12.6. The summed E-state index contributed by atoms with van der Waals surface area (Å²) in [6.45, 7) is 3.77. The van der Waals surface area contributed by atoms with Crippen LogP contribution in [0.4, 0.5) is 0 Å². The molecule has 3 rings (SSSR count). The fourth-order valence-corrected chi connectivity index (χ4v) is 3.66. The van der Waals surface area contributed by atoms with Crippen molar-refractivity contribution >= 4 is 15.9 Å². The molecule has 7 nitrogen and oxygen atoms in total. The summed E-state index contributed by atoms with van der Waals surface area (Å²) >= 11 is 0. The van der Waals surface area contributed by atoms with Crippen molar-refractivity contribution in [3.05, 3.63) is 23.7 Å². The van der Waals surface area contributed by atoms with Crippen LogP contribution in [0.5, 0.6) is 0 Å². The predicted octanol–water partition coefficient (Wildman–Crippen LogP) is 0.224. The third-order valence-electron chi connectivity index (χ3n) is 4.29. The maximum atomic E-state index is 12.4. The van der Waals surface area contributed by atoms with Gasteiger partial charge in [0.05, 0.1) is 19.0 Å². The number of ether oxygens (including phenoxy) is 1. The Balaban J connectivity index is 1.63. The highest BCUT2D eigenvalue weighted by molar-refractivity contribution is 7.88. The van der Waals surface area contributed by atoms with E-state index in [9.17, 15) is 13.2 Å². The largest absolute Gasteiger partial charge is 0.456 e. The highest BCUT2D eigenvalue weighted by Crippen LogP contribution is 2.34. The van der Waals surface area contributed by atoms with Gasteiger partial charge < -0.3 is 14.1 Å². The van der Waals surface area contributed by atoms with Gasteiger partial charge in [0.2, 0.25) is 10.0 Å². The molecule has 22 heavy (non-hydrogen) atoms. The molecule has 0 aliphatic carbocycles. The number of likely N-dealkylation sites (tertiary alicyclic amines) is 1. The van der Waals surface area contributed by atoms with Gasteiger partial charge in [0.15, 0.2) is 5.76 Å². The maximum absolute atomic E-state index is 12.4. The van der Waals surface area contributed by atoms with Crippen LogP contribution in [0, 0.1) is 18.8 Å². The van der Waals surface area contributed by atoms with Crippen LogP contribution in [0.3, 0.4) is 0 Å². The molecular weight excluding hydrogens is 308 g/mol. The standard InChI is InChI=1S/C14H20N2O5S/c1-9-3-4-12(21-9)14(17)16-6-11-10(5-15-22(2,18)19)8-20-13(11)7-16/h3-4,10-11,13,15H,5-8H2,1-2H3/t10-,11-,13-/m0/s1. The summed E-state index contributed by atoms with van der Waals surface area (Å²) in [7, 11) is -3.21. The lowest BCUT2D eigenvalue weighted by atomic mass is 9.93. The number of hydrogen-bond donors (Lipinski definition) is 1. The number of carbonyl (C=O) groups is 1. The molecule has 0 spiro atoms. The number of nitrogens with one attached hydrogen (secondary N) is 1. The molecule has 8 heteroatoms. The number of aryl methyl sites for hydroxylation is 1. The van der Waals surface area contributed by atoms with Crippen LogP contribution >= 0.6 is 0 Å². The first-order valence-electron chi connectivity index (χ1n) is 7.25. The van der Waals surface area contributed by atoms with Crippen LogP contribution in [0.15, 0.2) is 16.5 Å². The molecular formula is C14H20N2O5S. The van der Waals surface area contributed by atoms with E-state index in [0.717, 1.165) is 6.26 Å². The molecule has 0 saturated carbocycles. The molecule has 2 aliphatic rings. The number of hydrogen-bond acceptors (Lipinski definition) is 5. The van der Waals surface area contributed by atoms with Gasteiger partial charge in [0, 0.05) is 31.5 Å². The van der Waals surface area contributed by atoms with E-state index < -0.39 is 10.0 Å². The van der Waals surface area contributed by atoms with E-state index in [1.54, 1.807) is 24.0 Å². The Morgan fingerprint density at radius 1 is 1.41 bits per heavy atom. The van der Waals surface area contributed by atoms with Gasteiger partial charge in [-0.1, -0.05) is 0 Å². The van der Waals surface area contributed by atoms with Crippen LogP contribution in [-0.4, -0.2) is 57.8 Å². The number of furan rings is 1. The van der Waals surface area contributed by atoms with E-state index >= 15 is 0 Å². The van der Waals surface area contributed by atoms with Crippen LogP contribution in [0.25, 0.3) is 0 Å². The fraction of sp³-hybridized carbons (Fsp3) is 0.643. The molecule has 1 aromatic heterocycles. The number of sulfonamides is 1. The molecule has 3 atom stereocenters. The quantitative estimate of drug-likeness (QED) is 0.854. The van der Waals surface area contributed by atoms with Gasteiger partial charge in [-0.3, -0.25) is 4.79 Å². The minimum Gasteiger partial charge on any atom is -0.456 e. The van der Waals surface area contributed by atoms with E-state index in [4.69, 9.17) is 9.15 Å². The van der Waals surface area contributed by atoms with Gasteiger partial charge in [0.25, 0.3) is 5.91 Å². The fourth-order valence-electron chi connectivity index (χ4n) is 3.14. The number of fused-ring (bicyclic) bond motifs is 1. The van der Waals surface area contributed by atoms with Gasteiger partial charge in [0.1, 0.15) is 5.76 Å². The van der Waals surface area contributed by atoms with E-state index in [2.05, 4.69) is 4.72 Å². The lowest BCUT2D eigenvalue weighted by molar-refractivity contribution is 0.0651. The first-order valence-corrected chi connectivity index (χ1v) is 9.14. The lowest BCUT2D eigenvalue weighted by Gasteiger charge is -2.19. The molecule has 0 bridgehead atoms. The lowest BCUT2D eigenvalue weighted by Crippen LogP contribution is -2.34. The Morgan fingerprint density at radius 3 is 2.82 bits per heavy atom. The molecule has 1 aromatic rings. The van der Waals surface area contributed by atoms with E-state index in [-0.39, 0.29) is 23.8 Å². The first kappa shape index (κ1) is 15.5. The SMILES string of the molecule is Cc1ccc(C(=O)N2C[C@H]3[C@@H](CNS(C)(=O)=O)CO[C@H]3C2)o1. The number of rotatable bonds is 4. The average Bonchev–Trinajstić information content (AvgIpc) is 3.09. The number of nitrogens with zero attached hydrogens (tertiary/aromatic N) is 1. The molecule has 2 saturated heterocycles. The molecule has 122 valence electrons. The van der Waals surface area contributed by atoms with Crippen molar-refractivity contribution in [3.8, 4) is 0 Å². The second-order valence-corrected chi connectivity index (χ2v) is 7.87. The third-order valence-corrected chi connectivity index (χ3v) is 4.98. The van der Waals surface area contributed by atoms with Crippen LogP contribution < -0.4 is 4.72 Å². The minimum atomic E-state index is -3.21. The van der Waals surface area contributed by atoms with Crippen molar-refractivity contribution in [2.75, 3.05) is 32.5 Å². The summed E-state index contributed by atoms with van der Waals surface area (Å²) in [6.07, 6.45) is 1.12. The van der Waals surface area contributed by atoms with Crippen LogP contribution in [-0.2, 0) is 14.8 Å². The normalized spacial score (nSPS) is 28.1. The zero-order chi connectivity index (χ0) is 15.9. The molecule has 1 amide bonds. The molecule has 2 fully saturated rings. The topological polar surface area (TPSA) is 88.9 Å². The molecule has 2 aliphatic heterocycles. The highest BCUT2D eigenvalue weighted by atomic mass is 32.2. The van der Waals surface area contributed by atoms with Gasteiger partial charge in [-0.15, -0.1) is 0 Å². The van der Waals surface area contributed by atoms with Crippen molar-refractivity contribution in [2.45, 2.75) is 13.0 Å². The Labute approximate surface area is 129 Å². The summed E-state index contributed by atoms with van der Waals surface area (Å²) in [5.74, 6) is 1.16. The summed E-state index contributed by atoms with van der Waals surface area (Å²) < 4.78 is 36.0. The Hall–Kier alpha value is -1.38. The third kappa shape index (κ3) is 3.18. The van der Waals surface area contributed by atoms with Crippen LogP contribution in [0.1, 0.15) is 16.3 Å². The van der Waals surface area contributed by atoms with Crippen molar-refractivity contribution in [3.63, 3.8) is 0 Å². The van der Waals surface area contributed by atoms with Gasteiger partial charge in [-0.05, 0) is 19.1 Å². The average molecular weight is 328 g/mol. The molecule has 0 aromatic carbocycles. The maximum Gasteiger partial charge on any atom is 0.289 e. The summed E-state index contributed by atoms with van der Waals surface area (Å²) in [4.78, 5) is 14.1. The van der Waals surface area contributed by atoms with Crippen molar-refractivity contribution in [1.29, 1.82) is 0 Å². The number of carbonyl (C=O) groups excluding carboxylic acids is 1. The predicted molar refractivity (Wildman–Crippen MR) is 78.9 cm³/mol. The summed E-state index contributed by atoms with van der Waals surface area (Å²) in [5.41, 5.74) is 0. The van der Waals surface area contributed by atoms with Crippen LogP contribution in [0.2, 0.25) is 0 Å². The molecule has 1 N–H and O–H groups in total. The first-order chi connectivity index (χ1) is 10.3. The second kappa shape index (κ2) is 5.68. The van der Waals surface area contributed by atoms with E-state index in [1.165, 1.54) is 0 Å². The second-order valence-electron chi connectivity index (χ2n) is 6.04. The van der Waals surface area contributed by atoms with E-state index in [0.29, 0.717) is 37.8 Å². The van der Waals surface area contributed by atoms with Crippen molar-refractivity contribution in [2.24, 2.45) is 11.8 Å². The smallest absolute Gasteiger partial charge is 0.289 e. The molecule has 0 unspecified atom stereocenters. The Bertz CT molecular complexity index is 669. The van der Waals surface area contributed by atoms with Gasteiger partial charge >= 0.3 is 0 Å². The minimum absolute atomic E-state index is 0.0219. The highest BCUT2D eigenvalue weighted by Gasteiger charge is 2.45. The summed E-state index contributed by atoms with van der Waals surface area (Å²) in [6, 6.07) is 3.44. The monoisotopic (exact) mass is 328 g/mol. The zero-order valence-corrected chi connectivity index (χ0v) is 13.4. The van der Waals surface area contributed by atoms with Gasteiger partial charge in [-0.25, -0.2) is 13.1 Å². The Kier molecular flexibility index (Phi) is 4.00. The molecule has 0 radical (unpaired) electrons. The Morgan fingerprint density at radius 2 is 2.18 bits per heavy atom. The summed E-state index contributed by atoms with van der Waals surface area (Å²) in [5, 5.41) is 0. The van der Waals surface area contributed by atoms with Crippen molar-refractivity contribution < 1.29 is 22.4 Å². The van der Waals surface area contributed by atoms with Gasteiger partial charge in [-0.2, -0.15) is 0 Å². The van der Waals surface area contributed by atoms with E-state index in [1.807, 2.05) is 0 Å². The molecule has 3 heterocycles. The van der Waals surface area contributed by atoms with Crippen molar-refractivity contribution in [1.82, 2.24) is 9.62 Å².